The maximum absolute atomic E-state index is 13.6. The highest BCUT2D eigenvalue weighted by molar-refractivity contribution is 6.00. The van der Waals surface area contributed by atoms with E-state index in [2.05, 4.69) is 5.32 Å². The number of hydrogen-bond acceptors (Lipinski definition) is 4. The molecule has 0 saturated heterocycles. The number of aromatic nitrogens is 1. The monoisotopic (exact) mass is 427 g/mol. The molecule has 1 aliphatic carbocycles. The van der Waals surface area contributed by atoms with Crippen LogP contribution in [0.15, 0.2) is 34.9 Å². The first kappa shape index (κ1) is 21.7. The summed E-state index contributed by atoms with van der Waals surface area (Å²) in [7, 11) is 0. The molecule has 3 heterocycles. The van der Waals surface area contributed by atoms with Crippen LogP contribution in [0.1, 0.15) is 62.9 Å². The standard InChI is InChI=1S/C24H33N3O4/c1-3-30-15-8-14-27-22(28)20-13-12-19(21-11-7-16-31-21)26(20)17-24(27,2)23(29)25-18-9-5-4-6-10-18/h7,11-13,16,18H,3-6,8-10,14-15,17H2,1-2H3,(H,25,29). The first-order valence-corrected chi connectivity index (χ1v) is 11.5. The quantitative estimate of drug-likeness (QED) is 0.650. The van der Waals surface area contributed by atoms with Gasteiger partial charge in [0.1, 0.15) is 17.0 Å². The van der Waals surface area contributed by atoms with E-state index in [-0.39, 0.29) is 17.9 Å². The zero-order chi connectivity index (χ0) is 21.8. The molecule has 1 N–H and O–H groups in total. The van der Waals surface area contributed by atoms with Crippen LogP contribution in [0.25, 0.3) is 11.5 Å². The second-order valence-corrected chi connectivity index (χ2v) is 8.76. The van der Waals surface area contributed by atoms with Gasteiger partial charge >= 0.3 is 0 Å². The third-order valence-electron chi connectivity index (χ3n) is 6.58. The molecule has 0 aromatic carbocycles. The number of amides is 2. The lowest BCUT2D eigenvalue weighted by molar-refractivity contribution is -0.134. The van der Waals surface area contributed by atoms with Crippen molar-refractivity contribution in [2.24, 2.45) is 0 Å². The zero-order valence-corrected chi connectivity index (χ0v) is 18.6. The van der Waals surface area contributed by atoms with Gasteiger partial charge in [0.15, 0.2) is 0 Å². The number of nitrogens with one attached hydrogen (secondary N) is 1. The molecule has 2 aromatic rings. The van der Waals surface area contributed by atoms with Crippen molar-refractivity contribution in [3.8, 4) is 11.5 Å². The third-order valence-corrected chi connectivity index (χ3v) is 6.58. The summed E-state index contributed by atoms with van der Waals surface area (Å²) in [6.45, 7) is 5.93. The van der Waals surface area contributed by atoms with Gasteiger partial charge in [-0.15, -0.1) is 0 Å². The van der Waals surface area contributed by atoms with Crippen molar-refractivity contribution < 1.29 is 18.7 Å². The molecule has 7 heteroatoms. The van der Waals surface area contributed by atoms with Crippen LogP contribution in [0.3, 0.4) is 0 Å². The molecule has 0 radical (unpaired) electrons. The van der Waals surface area contributed by atoms with Gasteiger partial charge in [-0.1, -0.05) is 19.3 Å². The SMILES string of the molecule is CCOCCCN1C(=O)c2ccc(-c3ccco3)n2CC1(C)C(=O)NC1CCCCC1. The lowest BCUT2D eigenvalue weighted by Crippen LogP contribution is -2.65. The Bertz CT molecular complexity index is 898. The highest BCUT2D eigenvalue weighted by atomic mass is 16.5. The van der Waals surface area contributed by atoms with E-state index in [0.717, 1.165) is 31.4 Å². The molecule has 7 nitrogen and oxygen atoms in total. The molecule has 2 aromatic heterocycles. The Morgan fingerprint density at radius 1 is 1.23 bits per heavy atom. The Kier molecular flexibility index (Phi) is 6.51. The predicted octanol–water partition coefficient (Wildman–Crippen LogP) is 3.84. The van der Waals surface area contributed by atoms with E-state index < -0.39 is 5.54 Å². The van der Waals surface area contributed by atoms with E-state index in [1.165, 1.54) is 6.42 Å². The molecule has 168 valence electrons. The maximum atomic E-state index is 13.6. The number of carbonyl (C=O) groups is 2. The van der Waals surface area contributed by atoms with Gasteiger partial charge in [0.25, 0.3) is 5.91 Å². The van der Waals surface area contributed by atoms with E-state index in [9.17, 15) is 9.59 Å². The van der Waals surface area contributed by atoms with Crippen LogP contribution in [-0.4, -0.2) is 52.6 Å². The van der Waals surface area contributed by atoms with Gasteiger partial charge in [-0.05, 0) is 57.4 Å². The fraction of sp³-hybridized carbons (Fsp3) is 0.583. The van der Waals surface area contributed by atoms with Crippen molar-refractivity contribution in [3.63, 3.8) is 0 Å². The Balaban J connectivity index is 1.63. The van der Waals surface area contributed by atoms with Crippen LogP contribution in [0.2, 0.25) is 0 Å². The summed E-state index contributed by atoms with van der Waals surface area (Å²) in [5, 5.41) is 3.26. The maximum Gasteiger partial charge on any atom is 0.271 e. The van der Waals surface area contributed by atoms with Crippen LogP contribution >= 0.6 is 0 Å². The van der Waals surface area contributed by atoms with Gasteiger partial charge in [0.2, 0.25) is 5.91 Å². The van der Waals surface area contributed by atoms with Crippen molar-refractivity contribution in [2.45, 2.75) is 70.5 Å². The Morgan fingerprint density at radius 2 is 2.00 bits per heavy atom. The minimum atomic E-state index is -0.978. The number of fused-ring (bicyclic) bond motifs is 1. The second-order valence-electron chi connectivity index (χ2n) is 8.76. The lowest BCUT2D eigenvalue weighted by Gasteiger charge is -2.45. The average Bonchev–Trinajstić information content (AvgIpc) is 3.43. The molecular formula is C24H33N3O4. The smallest absolute Gasteiger partial charge is 0.271 e. The fourth-order valence-corrected chi connectivity index (χ4v) is 4.82. The fourth-order valence-electron chi connectivity index (χ4n) is 4.82. The minimum Gasteiger partial charge on any atom is -0.463 e. The Morgan fingerprint density at radius 3 is 2.71 bits per heavy atom. The first-order valence-electron chi connectivity index (χ1n) is 11.5. The largest absolute Gasteiger partial charge is 0.463 e. The molecule has 0 bridgehead atoms. The molecule has 0 spiro atoms. The third kappa shape index (κ3) is 4.28. The Labute approximate surface area is 183 Å². The summed E-state index contributed by atoms with van der Waals surface area (Å²) in [6.07, 6.45) is 7.84. The highest BCUT2D eigenvalue weighted by Gasteiger charge is 2.48. The summed E-state index contributed by atoms with van der Waals surface area (Å²) in [5.41, 5.74) is 0.429. The number of furan rings is 1. The van der Waals surface area contributed by atoms with Crippen LogP contribution < -0.4 is 5.32 Å². The van der Waals surface area contributed by atoms with Crippen molar-refractivity contribution in [3.05, 3.63) is 36.2 Å². The molecule has 2 aliphatic rings. The topological polar surface area (TPSA) is 76.7 Å². The molecule has 1 fully saturated rings. The summed E-state index contributed by atoms with van der Waals surface area (Å²) in [6, 6.07) is 7.62. The van der Waals surface area contributed by atoms with E-state index in [1.807, 2.05) is 42.7 Å². The van der Waals surface area contributed by atoms with Crippen molar-refractivity contribution in [1.82, 2.24) is 14.8 Å². The normalized spacial score (nSPS) is 21.9. The molecule has 2 amide bonds. The Hall–Kier alpha value is -2.54. The molecule has 31 heavy (non-hydrogen) atoms. The number of rotatable bonds is 8. The van der Waals surface area contributed by atoms with Crippen molar-refractivity contribution in [2.75, 3.05) is 19.8 Å². The number of hydrogen-bond donors (Lipinski definition) is 1. The van der Waals surface area contributed by atoms with E-state index >= 15 is 0 Å². The van der Waals surface area contributed by atoms with Crippen LogP contribution in [0.4, 0.5) is 0 Å². The van der Waals surface area contributed by atoms with E-state index in [0.29, 0.717) is 44.2 Å². The van der Waals surface area contributed by atoms with Gasteiger partial charge in [-0.3, -0.25) is 9.59 Å². The molecule has 1 saturated carbocycles. The van der Waals surface area contributed by atoms with E-state index in [1.54, 1.807) is 11.2 Å². The molecule has 1 aliphatic heterocycles. The van der Waals surface area contributed by atoms with Crippen LogP contribution in [-0.2, 0) is 16.1 Å². The van der Waals surface area contributed by atoms with Gasteiger partial charge in [-0.25, -0.2) is 0 Å². The van der Waals surface area contributed by atoms with E-state index in [4.69, 9.17) is 9.15 Å². The summed E-state index contributed by atoms with van der Waals surface area (Å²) < 4.78 is 13.0. The summed E-state index contributed by atoms with van der Waals surface area (Å²) >= 11 is 0. The lowest BCUT2D eigenvalue weighted by atomic mass is 9.91. The van der Waals surface area contributed by atoms with Gasteiger partial charge in [0.05, 0.1) is 18.5 Å². The predicted molar refractivity (Wildman–Crippen MR) is 118 cm³/mol. The minimum absolute atomic E-state index is 0.0751. The van der Waals surface area contributed by atoms with Crippen molar-refractivity contribution >= 4 is 11.8 Å². The molecular weight excluding hydrogens is 394 g/mol. The average molecular weight is 428 g/mol. The van der Waals surface area contributed by atoms with Gasteiger partial charge in [-0.2, -0.15) is 0 Å². The highest BCUT2D eigenvalue weighted by Crippen LogP contribution is 2.33. The molecule has 1 unspecified atom stereocenters. The molecule has 1 atom stereocenters. The van der Waals surface area contributed by atoms with Gasteiger partial charge in [0, 0.05) is 25.8 Å². The first-order chi connectivity index (χ1) is 15.0. The molecule has 4 rings (SSSR count). The number of carbonyl (C=O) groups excluding carboxylic acids is 2. The van der Waals surface area contributed by atoms with Crippen LogP contribution in [0, 0.1) is 0 Å². The number of nitrogens with zero attached hydrogens (tertiary/aromatic N) is 2. The van der Waals surface area contributed by atoms with Gasteiger partial charge < -0.3 is 23.9 Å². The number of ether oxygens (including phenoxy) is 1. The van der Waals surface area contributed by atoms with Crippen LogP contribution in [0.5, 0.6) is 0 Å². The van der Waals surface area contributed by atoms with Crippen molar-refractivity contribution in [1.29, 1.82) is 0 Å². The second kappa shape index (κ2) is 9.30. The summed E-state index contributed by atoms with van der Waals surface area (Å²) in [5.74, 6) is 0.495. The summed E-state index contributed by atoms with van der Waals surface area (Å²) in [4.78, 5) is 28.9. The zero-order valence-electron chi connectivity index (χ0n) is 18.6.